The van der Waals surface area contributed by atoms with Gasteiger partial charge < -0.3 is 4.74 Å². The van der Waals surface area contributed by atoms with Crippen molar-refractivity contribution in [3.05, 3.63) is 35.4 Å². The summed E-state index contributed by atoms with van der Waals surface area (Å²) >= 11 is 0. The van der Waals surface area contributed by atoms with Crippen molar-refractivity contribution in [2.24, 2.45) is 0 Å². The average Bonchev–Trinajstić information content (AvgIpc) is 2.52. The number of carbonyl (C=O) groups excluding carboxylic acids is 1. The van der Waals surface area contributed by atoms with Crippen molar-refractivity contribution in [2.75, 3.05) is 6.61 Å². The molecule has 1 rings (SSSR count). The molecule has 3 heteroatoms. The van der Waals surface area contributed by atoms with Crippen LogP contribution in [0.1, 0.15) is 49.5 Å². The fraction of sp³-hybridized carbons (Fsp3) is 0.611. The van der Waals surface area contributed by atoms with E-state index in [9.17, 15) is 4.79 Å². The van der Waals surface area contributed by atoms with Gasteiger partial charge in [0.1, 0.15) is 0 Å². The van der Waals surface area contributed by atoms with Crippen LogP contribution in [0.3, 0.4) is 0 Å². The molecule has 0 heterocycles. The van der Waals surface area contributed by atoms with Crippen LogP contribution in [0.4, 0.5) is 0 Å². The van der Waals surface area contributed by atoms with E-state index in [2.05, 4.69) is 20.8 Å². The highest BCUT2D eigenvalue weighted by Crippen LogP contribution is 2.27. The van der Waals surface area contributed by atoms with Crippen LogP contribution in [0.5, 0.6) is 0 Å². The van der Waals surface area contributed by atoms with E-state index in [-0.39, 0.29) is 5.97 Å². The number of esters is 1. The number of benzene rings is 1. The molecule has 0 aromatic heterocycles. The average molecular weight is 307 g/mol. The van der Waals surface area contributed by atoms with Crippen LogP contribution < -0.4 is 0 Å². The van der Waals surface area contributed by atoms with Crippen LogP contribution in [-0.4, -0.2) is 20.7 Å². The SMILES string of the molecule is CC[Si](CC)(CC)CCCCOC(=O)c1ccc(C)cc1. The zero-order chi connectivity index (χ0) is 15.7. The van der Waals surface area contributed by atoms with Gasteiger partial charge >= 0.3 is 5.97 Å². The van der Waals surface area contributed by atoms with E-state index in [0.29, 0.717) is 12.2 Å². The van der Waals surface area contributed by atoms with Gasteiger partial charge in [-0.25, -0.2) is 4.79 Å². The van der Waals surface area contributed by atoms with E-state index in [1.807, 2.05) is 31.2 Å². The van der Waals surface area contributed by atoms with Crippen molar-refractivity contribution >= 4 is 14.0 Å². The largest absolute Gasteiger partial charge is 0.462 e. The number of carbonyl (C=O) groups is 1. The Morgan fingerprint density at radius 1 is 1.00 bits per heavy atom. The number of hydrogen-bond donors (Lipinski definition) is 0. The first-order valence-electron chi connectivity index (χ1n) is 8.30. The second-order valence-corrected chi connectivity index (χ2v) is 11.6. The van der Waals surface area contributed by atoms with E-state index in [4.69, 9.17) is 4.74 Å². The first-order valence-corrected chi connectivity index (χ1v) is 11.1. The lowest BCUT2D eigenvalue weighted by atomic mass is 10.1. The molecule has 118 valence electrons. The van der Waals surface area contributed by atoms with E-state index in [1.54, 1.807) is 0 Å². The van der Waals surface area contributed by atoms with Crippen LogP contribution >= 0.6 is 0 Å². The Kier molecular flexibility index (Phi) is 7.72. The Labute approximate surface area is 130 Å². The summed E-state index contributed by atoms with van der Waals surface area (Å²) in [5.74, 6) is -0.194. The van der Waals surface area contributed by atoms with Crippen molar-refractivity contribution in [2.45, 2.75) is 64.7 Å². The standard InChI is InChI=1S/C18H30O2Si/c1-5-21(6-2,7-3)15-9-8-14-20-18(19)17-12-10-16(4)11-13-17/h10-13H,5-9,14-15H2,1-4H3. The van der Waals surface area contributed by atoms with Gasteiger partial charge in [0.2, 0.25) is 0 Å². The quantitative estimate of drug-likeness (QED) is 0.345. The Bertz CT molecular complexity index is 413. The summed E-state index contributed by atoms with van der Waals surface area (Å²) in [6.07, 6.45) is 2.19. The van der Waals surface area contributed by atoms with Gasteiger partial charge in [0.05, 0.1) is 20.2 Å². The van der Waals surface area contributed by atoms with Crippen molar-refractivity contribution in [3.8, 4) is 0 Å². The molecule has 0 aliphatic rings. The molecule has 0 unspecified atom stereocenters. The fourth-order valence-corrected chi connectivity index (χ4v) is 6.38. The summed E-state index contributed by atoms with van der Waals surface area (Å²) in [7, 11) is -1.01. The number of aryl methyl sites for hydroxylation is 1. The minimum Gasteiger partial charge on any atom is -0.462 e. The van der Waals surface area contributed by atoms with E-state index in [1.165, 1.54) is 30.6 Å². The third kappa shape index (κ3) is 5.66. The second kappa shape index (κ2) is 9.03. The third-order valence-electron chi connectivity index (χ3n) is 4.87. The van der Waals surface area contributed by atoms with E-state index < -0.39 is 8.07 Å². The maximum absolute atomic E-state index is 11.9. The molecular weight excluding hydrogens is 276 g/mol. The predicted molar refractivity (Wildman–Crippen MR) is 92.7 cm³/mol. The second-order valence-electron chi connectivity index (χ2n) is 6.02. The summed E-state index contributed by atoms with van der Waals surface area (Å²) in [4.78, 5) is 11.9. The Morgan fingerprint density at radius 3 is 2.10 bits per heavy atom. The van der Waals surface area contributed by atoms with Gasteiger partial charge in [0, 0.05) is 0 Å². The maximum atomic E-state index is 11.9. The highest BCUT2D eigenvalue weighted by atomic mass is 28.3. The summed E-state index contributed by atoms with van der Waals surface area (Å²) < 4.78 is 5.36. The van der Waals surface area contributed by atoms with Crippen molar-refractivity contribution in [1.82, 2.24) is 0 Å². The van der Waals surface area contributed by atoms with Crippen molar-refractivity contribution in [3.63, 3.8) is 0 Å². The van der Waals surface area contributed by atoms with Gasteiger partial charge in [-0.2, -0.15) is 0 Å². The first-order chi connectivity index (χ1) is 10.1. The Balaban J connectivity index is 2.28. The monoisotopic (exact) mass is 306 g/mol. The van der Waals surface area contributed by atoms with Crippen LogP contribution in [0.2, 0.25) is 24.2 Å². The van der Waals surface area contributed by atoms with Crippen LogP contribution in [-0.2, 0) is 4.74 Å². The molecule has 0 aliphatic carbocycles. The maximum Gasteiger partial charge on any atom is 0.338 e. The molecule has 0 fully saturated rings. The lowest BCUT2D eigenvalue weighted by Crippen LogP contribution is -2.30. The molecule has 0 saturated carbocycles. The van der Waals surface area contributed by atoms with Gasteiger partial charge in [-0.3, -0.25) is 0 Å². The molecule has 0 spiro atoms. The van der Waals surface area contributed by atoms with Gasteiger partial charge in [-0.05, 0) is 25.5 Å². The van der Waals surface area contributed by atoms with Gasteiger partial charge in [0.15, 0.2) is 0 Å². The van der Waals surface area contributed by atoms with Gasteiger partial charge in [0.25, 0.3) is 0 Å². The van der Waals surface area contributed by atoms with E-state index >= 15 is 0 Å². The minimum absolute atomic E-state index is 0.194. The zero-order valence-electron chi connectivity index (χ0n) is 14.1. The normalized spacial score (nSPS) is 11.4. The Hall–Kier alpha value is -1.09. The van der Waals surface area contributed by atoms with Crippen molar-refractivity contribution < 1.29 is 9.53 Å². The molecule has 1 aromatic carbocycles. The van der Waals surface area contributed by atoms with Crippen molar-refractivity contribution in [1.29, 1.82) is 0 Å². The molecule has 1 aromatic rings. The third-order valence-corrected chi connectivity index (χ3v) is 10.8. The van der Waals surface area contributed by atoms with Crippen LogP contribution in [0.15, 0.2) is 24.3 Å². The summed E-state index contributed by atoms with van der Waals surface area (Å²) in [6, 6.07) is 13.1. The van der Waals surface area contributed by atoms with Gasteiger partial charge in [-0.15, -0.1) is 0 Å². The van der Waals surface area contributed by atoms with Crippen LogP contribution in [0, 0.1) is 6.92 Å². The highest BCUT2D eigenvalue weighted by molar-refractivity contribution is 6.79. The molecule has 0 atom stereocenters. The molecule has 0 bridgehead atoms. The molecule has 0 aliphatic heterocycles. The lowest BCUT2D eigenvalue weighted by Gasteiger charge is -2.27. The molecule has 2 nitrogen and oxygen atoms in total. The summed E-state index contributed by atoms with van der Waals surface area (Å²) in [5.41, 5.74) is 1.81. The van der Waals surface area contributed by atoms with Crippen LogP contribution in [0.25, 0.3) is 0 Å². The number of unbranched alkanes of at least 4 members (excludes halogenated alkanes) is 1. The molecular formula is C18H30O2Si. The molecule has 0 amide bonds. The molecule has 0 N–H and O–H groups in total. The highest BCUT2D eigenvalue weighted by Gasteiger charge is 2.25. The predicted octanol–water partition coefficient (Wildman–Crippen LogP) is 5.44. The number of hydrogen-bond acceptors (Lipinski definition) is 2. The number of ether oxygens (including phenoxy) is 1. The smallest absolute Gasteiger partial charge is 0.338 e. The zero-order valence-corrected chi connectivity index (χ0v) is 15.1. The topological polar surface area (TPSA) is 26.3 Å². The Morgan fingerprint density at radius 2 is 1.57 bits per heavy atom. The first kappa shape index (κ1) is 18.0. The molecule has 0 radical (unpaired) electrons. The minimum atomic E-state index is -1.01. The van der Waals surface area contributed by atoms with E-state index in [0.717, 1.165) is 12.0 Å². The summed E-state index contributed by atoms with van der Waals surface area (Å²) in [5, 5.41) is 0. The molecule has 21 heavy (non-hydrogen) atoms. The fourth-order valence-electron chi connectivity index (χ4n) is 2.82. The molecule has 0 saturated heterocycles. The summed E-state index contributed by atoms with van der Waals surface area (Å²) in [6.45, 7) is 9.60. The lowest BCUT2D eigenvalue weighted by molar-refractivity contribution is 0.0499. The van der Waals surface area contributed by atoms with Gasteiger partial charge in [-0.1, -0.05) is 69.1 Å². The number of rotatable bonds is 9.